The van der Waals surface area contributed by atoms with Crippen LogP contribution in [0, 0.1) is 18.6 Å². The summed E-state index contributed by atoms with van der Waals surface area (Å²) < 4.78 is 28.9. The number of aromatic hydroxyl groups is 1. The summed E-state index contributed by atoms with van der Waals surface area (Å²) in [4.78, 5) is 25.5. The van der Waals surface area contributed by atoms with Crippen LogP contribution in [0.5, 0.6) is 5.75 Å². The maximum Gasteiger partial charge on any atom is 0.262 e. The molecule has 3 aromatic rings. The molecule has 0 saturated carbocycles. The summed E-state index contributed by atoms with van der Waals surface area (Å²) in [6.07, 6.45) is 0.720. The van der Waals surface area contributed by atoms with Gasteiger partial charge in [0.2, 0.25) is 5.91 Å². The molecule has 2 N–H and O–H groups in total. The van der Waals surface area contributed by atoms with Gasteiger partial charge >= 0.3 is 0 Å². The van der Waals surface area contributed by atoms with E-state index in [1.165, 1.54) is 28.8 Å². The van der Waals surface area contributed by atoms with Gasteiger partial charge in [0.15, 0.2) is 11.6 Å². The van der Waals surface area contributed by atoms with Crippen molar-refractivity contribution in [2.24, 2.45) is 0 Å². The van der Waals surface area contributed by atoms with Crippen molar-refractivity contribution >= 4 is 22.7 Å². The van der Waals surface area contributed by atoms with Crippen molar-refractivity contribution < 1.29 is 23.5 Å². The fourth-order valence-electron chi connectivity index (χ4n) is 3.31. The summed E-state index contributed by atoms with van der Waals surface area (Å²) in [6.45, 7) is 5.46. The molecule has 1 heterocycles. The van der Waals surface area contributed by atoms with Crippen LogP contribution in [0.4, 0.5) is 8.78 Å². The number of rotatable bonds is 5. The number of hydrogen-bond acceptors (Lipinski definition) is 3. The van der Waals surface area contributed by atoms with Crippen LogP contribution in [0.15, 0.2) is 36.4 Å². The van der Waals surface area contributed by atoms with E-state index < -0.39 is 23.3 Å². The first-order valence-corrected chi connectivity index (χ1v) is 9.35. The second kappa shape index (κ2) is 8.03. The van der Waals surface area contributed by atoms with Gasteiger partial charge in [-0.25, -0.2) is 8.78 Å². The van der Waals surface area contributed by atoms with E-state index in [1.54, 1.807) is 6.92 Å². The Labute approximate surface area is 167 Å². The molecular formula is C22H22F2N2O3. The quantitative estimate of drug-likeness (QED) is 0.678. The molecule has 0 radical (unpaired) electrons. The minimum atomic E-state index is -0.890. The standard InChI is InChI=1S/C22H22F2N2O3/c1-4-12(2)25-21(28)10-16-13(3)26(19-11-18(24)20(27)9-17(16)19)22(29)14-6-5-7-15(23)8-14/h5-9,11-12,27H,4,10H2,1-3H3,(H,25,28). The number of fused-ring (bicyclic) bond motifs is 1. The van der Waals surface area contributed by atoms with E-state index in [-0.39, 0.29) is 29.4 Å². The van der Waals surface area contributed by atoms with E-state index in [0.29, 0.717) is 16.6 Å². The average molecular weight is 400 g/mol. The Morgan fingerprint density at radius 3 is 2.59 bits per heavy atom. The topological polar surface area (TPSA) is 71.3 Å². The number of carbonyl (C=O) groups excluding carboxylic acids is 2. The highest BCUT2D eigenvalue weighted by molar-refractivity contribution is 6.05. The fourth-order valence-corrected chi connectivity index (χ4v) is 3.31. The first kappa shape index (κ1) is 20.5. The van der Waals surface area contributed by atoms with E-state index in [4.69, 9.17) is 0 Å². The van der Waals surface area contributed by atoms with Gasteiger partial charge in [-0.05, 0) is 50.1 Å². The molecular weight excluding hydrogens is 378 g/mol. The fraction of sp³-hybridized carbons (Fsp3) is 0.273. The van der Waals surface area contributed by atoms with Crippen LogP contribution in [0.3, 0.4) is 0 Å². The Morgan fingerprint density at radius 2 is 1.93 bits per heavy atom. The van der Waals surface area contributed by atoms with Crippen molar-refractivity contribution in [1.29, 1.82) is 0 Å². The molecule has 0 spiro atoms. The van der Waals surface area contributed by atoms with Crippen molar-refractivity contribution in [3.8, 4) is 5.75 Å². The third-order valence-corrected chi connectivity index (χ3v) is 5.04. The summed E-state index contributed by atoms with van der Waals surface area (Å²) in [5.74, 6) is -2.83. The van der Waals surface area contributed by atoms with Gasteiger partial charge < -0.3 is 10.4 Å². The number of amides is 1. The monoisotopic (exact) mass is 400 g/mol. The molecule has 1 atom stereocenters. The van der Waals surface area contributed by atoms with Gasteiger partial charge in [0.05, 0.1) is 11.9 Å². The largest absolute Gasteiger partial charge is 0.505 e. The predicted octanol–water partition coefficient (Wildman–Crippen LogP) is 4.08. The van der Waals surface area contributed by atoms with Crippen LogP contribution in [0.25, 0.3) is 10.9 Å². The summed E-state index contributed by atoms with van der Waals surface area (Å²) >= 11 is 0. The molecule has 0 aliphatic heterocycles. The van der Waals surface area contributed by atoms with Crippen molar-refractivity contribution in [2.45, 2.75) is 39.7 Å². The Hall–Kier alpha value is -3.22. The van der Waals surface area contributed by atoms with Gasteiger partial charge in [-0.3, -0.25) is 14.2 Å². The molecule has 2 aromatic carbocycles. The number of benzene rings is 2. The number of nitrogens with zero attached hydrogens (tertiary/aromatic N) is 1. The molecule has 0 aliphatic carbocycles. The minimum Gasteiger partial charge on any atom is -0.505 e. The number of phenols is 1. The molecule has 0 fully saturated rings. The van der Waals surface area contributed by atoms with Crippen LogP contribution in [-0.4, -0.2) is 27.5 Å². The average Bonchev–Trinajstić information content (AvgIpc) is 2.92. The zero-order valence-electron chi connectivity index (χ0n) is 16.4. The van der Waals surface area contributed by atoms with Crippen LogP contribution in [0.2, 0.25) is 0 Å². The zero-order chi connectivity index (χ0) is 21.3. The number of aromatic nitrogens is 1. The van der Waals surface area contributed by atoms with E-state index in [1.807, 2.05) is 13.8 Å². The van der Waals surface area contributed by atoms with Gasteiger partial charge in [-0.2, -0.15) is 0 Å². The SMILES string of the molecule is CCC(C)NC(=O)Cc1c(C)n(C(=O)c2cccc(F)c2)c2cc(F)c(O)cc12. The van der Waals surface area contributed by atoms with Gasteiger partial charge in [0.1, 0.15) is 5.82 Å². The van der Waals surface area contributed by atoms with E-state index in [9.17, 15) is 23.5 Å². The number of nitrogens with one attached hydrogen (secondary N) is 1. The molecule has 0 saturated heterocycles. The lowest BCUT2D eigenvalue weighted by atomic mass is 10.1. The summed E-state index contributed by atoms with van der Waals surface area (Å²) in [7, 11) is 0. The highest BCUT2D eigenvalue weighted by Crippen LogP contribution is 2.32. The number of carbonyl (C=O) groups is 2. The predicted molar refractivity (Wildman–Crippen MR) is 106 cm³/mol. The van der Waals surface area contributed by atoms with Gasteiger partial charge in [0.25, 0.3) is 5.91 Å². The number of phenolic OH excluding ortho intramolecular Hbond substituents is 1. The lowest BCUT2D eigenvalue weighted by Crippen LogP contribution is -2.33. The van der Waals surface area contributed by atoms with Crippen LogP contribution in [0.1, 0.15) is 41.9 Å². The van der Waals surface area contributed by atoms with Crippen LogP contribution >= 0.6 is 0 Å². The molecule has 5 nitrogen and oxygen atoms in total. The first-order valence-electron chi connectivity index (χ1n) is 9.35. The molecule has 1 unspecified atom stereocenters. The molecule has 1 amide bonds. The summed E-state index contributed by atoms with van der Waals surface area (Å²) in [5.41, 5.74) is 1.23. The summed E-state index contributed by atoms with van der Waals surface area (Å²) in [6, 6.07) is 7.43. The Morgan fingerprint density at radius 1 is 1.21 bits per heavy atom. The van der Waals surface area contributed by atoms with Gasteiger partial charge in [0, 0.05) is 28.8 Å². The van der Waals surface area contributed by atoms with Crippen LogP contribution in [-0.2, 0) is 11.2 Å². The van der Waals surface area contributed by atoms with Crippen molar-refractivity contribution in [1.82, 2.24) is 9.88 Å². The molecule has 1 aromatic heterocycles. The summed E-state index contributed by atoms with van der Waals surface area (Å²) in [5, 5.41) is 13.1. The minimum absolute atomic E-state index is 0.0177. The van der Waals surface area contributed by atoms with Gasteiger partial charge in [-0.1, -0.05) is 13.0 Å². The molecule has 3 rings (SSSR count). The molecule has 29 heavy (non-hydrogen) atoms. The molecule has 0 aliphatic rings. The normalized spacial score (nSPS) is 12.2. The lowest BCUT2D eigenvalue weighted by Gasteiger charge is -2.11. The Balaban J connectivity index is 2.15. The smallest absolute Gasteiger partial charge is 0.262 e. The van der Waals surface area contributed by atoms with Gasteiger partial charge in [-0.15, -0.1) is 0 Å². The zero-order valence-corrected chi connectivity index (χ0v) is 16.4. The number of halogens is 2. The maximum absolute atomic E-state index is 14.1. The first-order chi connectivity index (χ1) is 13.7. The Bertz CT molecular complexity index is 1110. The third kappa shape index (κ3) is 3.99. The second-order valence-electron chi connectivity index (χ2n) is 7.09. The molecule has 0 bridgehead atoms. The highest BCUT2D eigenvalue weighted by Gasteiger charge is 2.23. The van der Waals surface area contributed by atoms with E-state index >= 15 is 0 Å². The lowest BCUT2D eigenvalue weighted by molar-refractivity contribution is -0.121. The van der Waals surface area contributed by atoms with Crippen molar-refractivity contribution in [2.75, 3.05) is 0 Å². The van der Waals surface area contributed by atoms with E-state index in [0.717, 1.165) is 18.6 Å². The Kier molecular flexibility index (Phi) is 5.68. The second-order valence-corrected chi connectivity index (χ2v) is 7.09. The number of hydrogen-bond donors (Lipinski definition) is 2. The van der Waals surface area contributed by atoms with E-state index in [2.05, 4.69) is 5.32 Å². The maximum atomic E-state index is 14.1. The highest BCUT2D eigenvalue weighted by atomic mass is 19.1. The molecule has 7 heteroatoms. The molecule has 152 valence electrons. The van der Waals surface area contributed by atoms with Crippen molar-refractivity contribution in [3.05, 3.63) is 64.9 Å². The third-order valence-electron chi connectivity index (χ3n) is 5.04. The van der Waals surface area contributed by atoms with Crippen molar-refractivity contribution in [3.63, 3.8) is 0 Å². The van der Waals surface area contributed by atoms with Crippen LogP contribution < -0.4 is 5.32 Å².